The SMILES string of the molecule is CCOCC1(O)CCC2C(CCC3C2CCC2(C)C(C(=O)Cn4nc5ccncc5n4)CCC32)C1. The number of ketones is 1. The third-order valence-corrected chi connectivity index (χ3v) is 10.6. The van der Waals surface area contributed by atoms with Crippen molar-refractivity contribution in [1.82, 2.24) is 20.0 Å². The van der Waals surface area contributed by atoms with Crippen molar-refractivity contribution in [2.75, 3.05) is 13.2 Å². The Morgan fingerprint density at radius 1 is 1.09 bits per heavy atom. The number of hydrogen-bond donors (Lipinski definition) is 1. The van der Waals surface area contributed by atoms with Crippen LogP contribution in [0.25, 0.3) is 11.0 Å². The molecule has 0 radical (unpaired) electrons. The zero-order valence-corrected chi connectivity index (χ0v) is 21.2. The molecule has 35 heavy (non-hydrogen) atoms. The second-order valence-corrected chi connectivity index (χ2v) is 12.3. The van der Waals surface area contributed by atoms with Crippen LogP contribution in [0, 0.1) is 40.9 Å². The number of pyridine rings is 1. The van der Waals surface area contributed by atoms with Gasteiger partial charge in [-0.15, -0.1) is 0 Å². The lowest BCUT2D eigenvalue weighted by molar-refractivity contribution is -0.138. The Morgan fingerprint density at radius 2 is 1.91 bits per heavy atom. The first-order valence-electron chi connectivity index (χ1n) is 13.9. The number of carbonyl (C=O) groups is 1. The molecule has 0 spiro atoms. The van der Waals surface area contributed by atoms with E-state index in [-0.39, 0.29) is 17.9 Å². The first kappa shape index (κ1) is 23.5. The molecule has 7 heteroatoms. The summed E-state index contributed by atoms with van der Waals surface area (Å²) in [4.78, 5) is 19.2. The molecule has 4 saturated carbocycles. The predicted octanol–water partition coefficient (Wildman–Crippen LogP) is 4.43. The van der Waals surface area contributed by atoms with Crippen LogP contribution in [0.15, 0.2) is 18.5 Å². The van der Waals surface area contributed by atoms with Crippen LogP contribution >= 0.6 is 0 Å². The highest BCUT2D eigenvalue weighted by Crippen LogP contribution is 2.64. The van der Waals surface area contributed by atoms with Gasteiger partial charge in [-0.2, -0.15) is 15.0 Å². The molecule has 0 amide bonds. The Labute approximate surface area is 208 Å². The van der Waals surface area contributed by atoms with E-state index in [0.717, 1.165) is 60.9 Å². The van der Waals surface area contributed by atoms with Crippen LogP contribution in [0.5, 0.6) is 0 Å². The molecule has 1 N–H and O–H groups in total. The normalized spacial score (nSPS) is 40.8. The van der Waals surface area contributed by atoms with Gasteiger partial charge in [-0.1, -0.05) is 6.92 Å². The Balaban J connectivity index is 1.14. The van der Waals surface area contributed by atoms with E-state index in [4.69, 9.17) is 4.74 Å². The smallest absolute Gasteiger partial charge is 0.159 e. The van der Waals surface area contributed by atoms with Crippen LogP contribution in [-0.2, 0) is 16.1 Å². The molecule has 2 aromatic rings. The van der Waals surface area contributed by atoms with Crippen LogP contribution in [0.2, 0.25) is 0 Å². The van der Waals surface area contributed by atoms with E-state index in [9.17, 15) is 9.90 Å². The highest BCUT2D eigenvalue weighted by Gasteiger charge is 2.59. The van der Waals surface area contributed by atoms with Gasteiger partial charge in [0.15, 0.2) is 5.78 Å². The lowest BCUT2D eigenvalue weighted by atomic mass is 9.49. The van der Waals surface area contributed by atoms with Crippen molar-refractivity contribution in [2.45, 2.75) is 83.8 Å². The number of aromatic nitrogens is 4. The molecule has 2 aromatic heterocycles. The number of carbonyl (C=O) groups excluding carboxylic acids is 1. The van der Waals surface area contributed by atoms with E-state index in [1.54, 1.807) is 17.2 Å². The molecule has 8 unspecified atom stereocenters. The third-order valence-electron chi connectivity index (χ3n) is 10.6. The minimum atomic E-state index is -0.626. The standard InChI is InChI=1S/C28H40N4O3/c1-3-35-17-28(34)12-9-19-18(14-28)4-5-21-20(19)8-11-27(2)22(21)6-7-23(27)26(33)16-32-30-24-10-13-29-15-25(24)31-32/h10,13,15,18-23,34H,3-9,11-12,14,16-17H2,1-2H3. The van der Waals surface area contributed by atoms with Gasteiger partial charge in [0.2, 0.25) is 0 Å². The van der Waals surface area contributed by atoms with Crippen molar-refractivity contribution < 1.29 is 14.6 Å². The first-order chi connectivity index (χ1) is 16.9. The minimum absolute atomic E-state index is 0.101. The second-order valence-electron chi connectivity index (χ2n) is 12.3. The molecule has 4 aliphatic carbocycles. The molecular weight excluding hydrogens is 440 g/mol. The van der Waals surface area contributed by atoms with Crippen molar-refractivity contribution in [2.24, 2.45) is 40.9 Å². The molecule has 0 aliphatic heterocycles. The Morgan fingerprint density at radius 3 is 2.74 bits per heavy atom. The van der Waals surface area contributed by atoms with Gasteiger partial charge in [-0.05, 0) is 106 Å². The fraction of sp³-hybridized carbons (Fsp3) is 0.786. The molecule has 0 aromatic carbocycles. The Kier molecular flexibility index (Phi) is 5.99. The van der Waals surface area contributed by atoms with Crippen molar-refractivity contribution in [3.63, 3.8) is 0 Å². The largest absolute Gasteiger partial charge is 0.387 e. The fourth-order valence-electron chi connectivity index (χ4n) is 9.05. The molecule has 7 nitrogen and oxygen atoms in total. The van der Waals surface area contributed by atoms with Crippen molar-refractivity contribution in [3.05, 3.63) is 18.5 Å². The van der Waals surface area contributed by atoms with Crippen LogP contribution in [0.1, 0.15) is 71.6 Å². The number of fused-ring (bicyclic) bond motifs is 6. The topological polar surface area (TPSA) is 90.1 Å². The van der Waals surface area contributed by atoms with Crippen molar-refractivity contribution in [3.8, 4) is 0 Å². The van der Waals surface area contributed by atoms with Gasteiger partial charge in [0.05, 0.1) is 18.4 Å². The van der Waals surface area contributed by atoms with Gasteiger partial charge in [0.25, 0.3) is 0 Å². The summed E-state index contributed by atoms with van der Waals surface area (Å²) in [7, 11) is 0. The summed E-state index contributed by atoms with van der Waals surface area (Å²) in [5.74, 6) is 3.94. The third kappa shape index (κ3) is 4.03. The number of hydrogen-bond acceptors (Lipinski definition) is 6. The van der Waals surface area contributed by atoms with Gasteiger partial charge in [-0.25, -0.2) is 0 Å². The average Bonchev–Trinajstić information content (AvgIpc) is 3.42. The molecule has 0 bridgehead atoms. The fourth-order valence-corrected chi connectivity index (χ4v) is 9.05. The van der Waals surface area contributed by atoms with Gasteiger partial charge >= 0.3 is 0 Å². The monoisotopic (exact) mass is 480 g/mol. The molecule has 2 heterocycles. The number of nitrogens with zero attached hydrogens (tertiary/aromatic N) is 4. The lowest BCUT2D eigenvalue weighted by Crippen LogP contribution is -2.52. The van der Waals surface area contributed by atoms with Crippen LogP contribution in [-0.4, -0.2) is 49.7 Å². The van der Waals surface area contributed by atoms with E-state index in [0.29, 0.717) is 30.8 Å². The molecule has 4 fully saturated rings. The zero-order chi connectivity index (χ0) is 24.2. The van der Waals surface area contributed by atoms with Gasteiger partial charge in [-0.3, -0.25) is 9.78 Å². The lowest BCUT2D eigenvalue weighted by Gasteiger charge is -2.57. The maximum atomic E-state index is 13.5. The molecule has 190 valence electrons. The summed E-state index contributed by atoms with van der Waals surface area (Å²) in [5.41, 5.74) is 1.01. The summed E-state index contributed by atoms with van der Waals surface area (Å²) in [6.45, 7) is 5.84. The van der Waals surface area contributed by atoms with Crippen LogP contribution in [0.4, 0.5) is 0 Å². The summed E-state index contributed by atoms with van der Waals surface area (Å²) < 4.78 is 5.63. The van der Waals surface area contributed by atoms with E-state index >= 15 is 0 Å². The highest BCUT2D eigenvalue weighted by atomic mass is 16.5. The van der Waals surface area contributed by atoms with E-state index in [1.807, 2.05) is 13.0 Å². The maximum absolute atomic E-state index is 13.5. The quantitative estimate of drug-likeness (QED) is 0.658. The maximum Gasteiger partial charge on any atom is 0.159 e. The number of Topliss-reactive ketones (excluding diaryl/α,β-unsaturated/α-hetero) is 1. The first-order valence-corrected chi connectivity index (χ1v) is 13.9. The van der Waals surface area contributed by atoms with Gasteiger partial charge in [0, 0.05) is 18.7 Å². The molecular formula is C28H40N4O3. The summed E-state index contributed by atoms with van der Waals surface area (Å²) in [6, 6.07) is 1.84. The molecule has 0 saturated heterocycles. The minimum Gasteiger partial charge on any atom is -0.387 e. The second kappa shape index (κ2) is 8.91. The summed E-state index contributed by atoms with van der Waals surface area (Å²) in [6.07, 6.45) is 13.4. The van der Waals surface area contributed by atoms with Crippen molar-refractivity contribution >= 4 is 16.8 Å². The van der Waals surface area contributed by atoms with E-state index in [1.165, 1.54) is 25.7 Å². The van der Waals surface area contributed by atoms with Gasteiger partial charge in [0.1, 0.15) is 17.6 Å². The van der Waals surface area contributed by atoms with Crippen LogP contribution < -0.4 is 0 Å². The molecule has 8 atom stereocenters. The molecule has 6 rings (SSSR count). The Hall–Kier alpha value is -1.86. The van der Waals surface area contributed by atoms with E-state index < -0.39 is 5.60 Å². The van der Waals surface area contributed by atoms with Crippen molar-refractivity contribution in [1.29, 1.82) is 0 Å². The number of rotatable bonds is 6. The summed E-state index contributed by atoms with van der Waals surface area (Å²) >= 11 is 0. The Bertz CT molecular complexity index is 1050. The number of ether oxygens (including phenoxy) is 1. The van der Waals surface area contributed by atoms with E-state index in [2.05, 4.69) is 22.1 Å². The van der Waals surface area contributed by atoms with Crippen LogP contribution in [0.3, 0.4) is 0 Å². The van der Waals surface area contributed by atoms with Gasteiger partial charge < -0.3 is 9.84 Å². The predicted molar refractivity (Wildman–Crippen MR) is 132 cm³/mol. The number of aliphatic hydroxyl groups is 1. The summed E-state index contributed by atoms with van der Waals surface area (Å²) in [5, 5.41) is 20.1. The zero-order valence-electron chi connectivity index (χ0n) is 21.2. The average molecular weight is 481 g/mol. The molecule has 4 aliphatic rings. The highest BCUT2D eigenvalue weighted by molar-refractivity contribution is 5.82.